The molecule has 4 nitrogen and oxygen atoms in total. The maximum absolute atomic E-state index is 7.24. The second-order valence-electron chi connectivity index (χ2n) is 2.58. The van der Waals surface area contributed by atoms with Gasteiger partial charge in [0.25, 0.3) is 0 Å². The molecule has 0 aromatic heterocycles. The zero-order valence-electron chi connectivity index (χ0n) is 7.72. The Bertz CT molecular complexity index is 323. The zero-order valence-corrected chi connectivity index (χ0v) is 7.72. The first kappa shape index (κ1) is 9.38. The normalized spacial score (nSPS) is 9.38. The number of nitrogens with two attached hydrogens (primary N) is 1. The third-order valence-electron chi connectivity index (χ3n) is 1.78. The molecule has 1 aromatic rings. The maximum Gasteiger partial charge on any atom is 0.141 e. The Morgan fingerprint density at radius 3 is 2.69 bits per heavy atom. The van der Waals surface area contributed by atoms with E-state index in [1.807, 2.05) is 0 Å². The molecule has 4 N–H and O–H groups in total. The zero-order chi connectivity index (χ0) is 9.84. The molecular weight excluding hydrogens is 166 g/mol. The lowest BCUT2D eigenvalue weighted by atomic mass is 10.1. The number of anilines is 1. The first-order valence-corrected chi connectivity index (χ1v) is 3.89. The molecule has 1 rings (SSSR count). The number of amidine groups is 1. The van der Waals surface area contributed by atoms with Crippen molar-refractivity contribution in [1.29, 1.82) is 5.41 Å². The van der Waals surface area contributed by atoms with Crippen LogP contribution in [0.15, 0.2) is 18.2 Å². The van der Waals surface area contributed by atoms with Gasteiger partial charge in [-0.2, -0.15) is 0 Å². The molecule has 0 saturated heterocycles. The minimum absolute atomic E-state index is 0.0548. The average molecular weight is 179 g/mol. The van der Waals surface area contributed by atoms with Crippen molar-refractivity contribution in [3.05, 3.63) is 23.8 Å². The Morgan fingerprint density at radius 2 is 2.23 bits per heavy atom. The van der Waals surface area contributed by atoms with E-state index in [1.54, 1.807) is 32.4 Å². The summed E-state index contributed by atoms with van der Waals surface area (Å²) in [6, 6.07) is 5.31. The summed E-state index contributed by atoms with van der Waals surface area (Å²) in [5.41, 5.74) is 6.86. The molecule has 0 bridgehead atoms. The van der Waals surface area contributed by atoms with Crippen molar-refractivity contribution < 1.29 is 4.74 Å². The van der Waals surface area contributed by atoms with E-state index >= 15 is 0 Å². The summed E-state index contributed by atoms with van der Waals surface area (Å²) in [6.07, 6.45) is 0. The van der Waals surface area contributed by atoms with Crippen LogP contribution in [-0.4, -0.2) is 20.0 Å². The smallest absolute Gasteiger partial charge is 0.141 e. The number of benzene rings is 1. The molecular formula is C9H13N3O. The third-order valence-corrected chi connectivity index (χ3v) is 1.78. The van der Waals surface area contributed by atoms with Gasteiger partial charge in [-0.15, -0.1) is 0 Å². The van der Waals surface area contributed by atoms with Gasteiger partial charge in [-0.05, 0) is 18.2 Å². The second kappa shape index (κ2) is 3.80. The minimum Gasteiger partial charge on any atom is -0.495 e. The molecule has 0 amide bonds. The van der Waals surface area contributed by atoms with Gasteiger partial charge in [-0.1, -0.05) is 0 Å². The molecule has 0 atom stereocenters. The van der Waals surface area contributed by atoms with Gasteiger partial charge in [0.2, 0.25) is 0 Å². The summed E-state index contributed by atoms with van der Waals surface area (Å²) >= 11 is 0. The molecule has 0 fully saturated rings. The maximum atomic E-state index is 7.24. The van der Waals surface area contributed by atoms with Gasteiger partial charge in [-0.3, -0.25) is 5.41 Å². The second-order valence-corrected chi connectivity index (χ2v) is 2.58. The van der Waals surface area contributed by atoms with Crippen LogP contribution in [0.4, 0.5) is 5.69 Å². The number of nitrogens with one attached hydrogen (secondary N) is 2. The van der Waals surface area contributed by atoms with Crippen molar-refractivity contribution in [3.8, 4) is 5.75 Å². The Balaban J connectivity index is 3.13. The summed E-state index contributed by atoms with van der Waals surface area (Å²) in [5.74, 6) is 0.798. The summed E-state index contributed by atoms with van der Waals surface area (Å²) in [7, 11) is 3.39. The van der Waals surface area contributed by atoms with Crippen LogP contribution in [0.5, 0.6) is 5.75 Å². The molecule has 1 aromatic carbocycles. The van der Waals surface area contributed by atoms with E-state index in [-0.39, 0.29) is 5.84 Å². The third kappa shape index (κ3) is 1.90. The predicted octanol–water partition coefficient (Wildman–Crippen LogP) is 1.02. The van der Waals surface area contributed by atoms with E-state index < -0.39 is 0 Å². The number of hydrogen-bond acceptors (Lipinski definition) is 3. The van der Waals surface area contributed by atoms with Gasteiger partial charge >= 0.3 is 0 Å². The highest BCUT2D eigenvalue weighted by atomic mass is 16.5. The van der Waals surface area contributed by atoms with Gasteiger partial charge in [0.1, 0.15) is 11.6 Å². The van der Waals surface area contributed by atoms with Gasteiger partial charge < -0.3 is 15.8 Å². The van der Waals surface area contributed by atoms with E-state index in [0.717, 1.165) is 11.4 Å². The monoisotopic (exact) mass is 179 g/mol. The molecule has 0 unspecified atom stereocenters. The van der Waals surface area contributed by atoms with E-state index in [0.29, 0.717) is 5.56 Å². The van der Waals surface area contributed by atoms with Crippen molar-refractivity contribution in [2.75, 3.05) is 19.5 Å². The Labute approximate surface area is 77.2 Å². The lowest BCUT2D eigenvalue weighted by Gasteiger charge is -2.09. The van der Waals surface area contributed by atoms with Gasteiger partial charge in [0.05, 0.1) is 12.8 Å². The molecule has 4 heteroatoms. The summed E-state index contributed by atoms with van der Waals surface area (Å²) < 4.78 is 5.10. The standard InChI is InChI=1S/C9H13N3O/c1-12-7-5-6(9(10)11)3-4-8(7)13-2/h3-5,12H,1-2H3,(H3,10,11). The SMILES string of the molecule is CNc1cc(C(=N)N)ccc1OC. The largest absolute Gasteiger partial charge is 0.495 e. The topological polar surface area (TPSA) is 71.1 Å². The molecule has 0 spiro atoms. The van der Waals surface area contributed by atoms with E-state index in [4.69, 9.17) is 15.9 Å². The first-order chi connectivity index (χ1) is 6.19. The molecule has 0 aliphatic heterocycles. The lowest BCUT2D eigenvalue weighted by molar-refractivity contribution is 0.416. The number of ether oxygens (including phenoxy) is 1. The van der Waals surface area contributed by atoms with Crippen molar-refractivity contribution in [3.63, 3.8) is 0 Å². The first-order valence-electron chi connectivity index (χ1n) is 3.89. The molecule has 0 saturated carbocycles. The van der Waals surface area contributed by atoms with Crippen molar-refractivity contribution in [2.24, 2.45) is 5.73 Å². The van der Waals surface area contributed by atoms with Gasteiger partial charge in [0, 0.05) is 12.6 Å². The fourth-order valence-corrected chi connectivity index (χ4v) is 1.07. The highest BCUT2D eigenvalue weighted by Gasteiger charge is 2.03. The van der Waals surface area contributed by atoms with E-state index in [2.05, 4.69) is 5.32 Å². The summed E-state index contributed by atoms with van der Waals surface area (Å²) in [6.45, 7) is 0. The van der Waals surface area contributed by atoms with Crippen molar-refractivity contribution >= 4 is 11.5 Å². The average Bonchev–Trinajstić information content (AvgIpc) is 2.16. The number of hydrogen-bond donors (Lipinski definition) is 3. The minimum atomic E-state index is 0.0548. The van der Waals surface area contributed by atoms with Crippen molar-refractivity contribution in [1.82, 2.24) is 0 Å². The molecule has 0 aliphatic carbocycles. The Kier molecular flexibility index (Phi) is 2.74. The molecule has 13 heavy (non-hydrogen) atoms. The summed E-state index contributed by atoms with van der Waals surface area (Å²) in [5, 5.41) is 10.2. The fourth-order valence-electron chi connectivity index (χ4n) is 1.07. The lowest BCUT2D eigenvalue weighted by Crippen LogP contribution is -2.11. The van der Waals surface area contributed by atoms with Crippen LogP contribution >= 0.6 is 0 Å². The quantitative estimate of drug-likeness (QED) is 0.479. The van der Waals surface area contributed by atoms with Gasteiger partial charge in [-0.25, -0.2) is 0 Å². The van der Waals surface area contributed by atoms with Crippen LogP contribution in [0.25, 0.3) is 0 Å². The van der Waals surface area contributed by atoms with Crippen LogP contribution in [-0.2, 0) is 0 Å². The predicted molar refractivity (Wildman–Crippen MR) is 53.6 cm³/mol. The molecule has 0 radical (unpaired) electrons. The summed E-state index contributed by atoms with van der Waals surface area (Å²) in [4.78, 5) is 0. The van der Waals surface area contributed by atoms with Crippen LogP contribution in [0.2, 0.25) is 0 Å². The molecule has 70 valence electrons. The molecule has 0 aliphatic rings. The fraction of sp³-hybridized carbons (Fsp3) is 0.222. The van der Waals surface area contributed by atoms with Crippen LogP contribution in [0, 0.1) is 5.41 Å². The Hall–Kier alpha value is -1.71. The highest BCUT2D eigenvalue weighted by Crippen LogP contribution is 2.24. The number of methoxy groups -OCH3 is 1. The number of rotatable bonds is 3. The van der Waals surface area contributed by atoms with Crippen LogP contribution < -0.4 is 15.8 Å². The van der Waals surface area contributed by atoms with E-state index in [1.165, 1.54) is 0 Å². The van der Waals surface area contributed by atoms with Crippen molar-refractivity contribution in [2.45, 2.75) is 0 Å². The number of nitrogen functional groups attached to an aromatic ring is 1. The highest BCUT2D eigenvalue weighted by molar-refractivity contribution is 5.96. The molecule has 0 heterocycles. The van der Waals surface area contributed by atoms with Gasteiger partial charge in [0.15, 0.2) is 0 Å². The Morgan fingerprint density at radius 1 is 1.54 bits per heavy atom. The van der Waals surface area contributed by atoms with E-state index in [9.17, 15) is 0 Å². The van der Waals surface area contributed by atoms with Crippen LogP contribution in [0.1, 0.15) is 5.56 Å². The van der Waals surface area contributed by atoms with Crippen LogP contribution in [0.3, 0.4) is 0 Å².